The number of hydrogen-bond acceptors (Lipinski definition) is 3. The van der Waals surface area contributed by atoms with E-state index in [9.17, 15) is 0 Å². The second-order valence-electron chi connectivity index (χ2n) is 2.84. The topological polar surface area (TPSA) is 34.1 Å². The molecule has 1 saturated heterocycles. The molecule has 0 bridgehead atoms. The summed E-state index contributed by atoms with van der Waals surface area (Å²) in [6.07, 6.45) is 1.75. The zero-order chi connectivity index (χ0) is 9.26. The standard InChI is InChI=1S/C8H8Cl2N2O/c9-6-1-8(10)12-4-7(6)13-5-2-11-3-5/h1,4-5,11H,2-3H2. The summed E-state index contributed by atoms with van der Waals surface area (Å²) in [5.41, 5.74) is 0. The number of rotatable bonds is 2. The van der Waals surface area contributed by atoms with Gasteiger partial charge in [-0.1, -0.05) is 23.2 Å². The maximum atomic E-state index is 5.88. The zero-order valence-electron chi connectivity index (χ0n) is 6.76. The second kappa shape index (κ2) is 3.70. The van der Waals surface area contributed by atoms with Crippen molar-refractivity contribution in [3.63, 3.8) is 0 Å². The molecule has 1 aliphatic heterocycles. The summed E-state index contributed by atoms with van der Waals surface area (Å²) in [5, 5.41) is 3.98. The van der Waals surface area contributed by atoms with Gasteiger partial charge in [0.15, 0.2) is 5.75 Å². The molecule has 0 unspecified atom stereocenters. The van der Waals surface area contributed by atoms with Crippen molar-refractivity contribution in [3.8, 4) is 5.75 Å². The lowest BCUT2D eigenvalue weighted by Gasteiger charge is -2.27. The third-order valence-electron chi connectivity index (χ3n) is 1.82. The van der Waals surface area contributed by atoms with Crippen molar-refractivity contribution in [1.82, 2.24) is 10.3 Å². The van der Waals surface area contributed by atoms with Gasteiger partial charge in [-0.25, -0.2) is 4.98 Å². The van der Waals surface area contributed by atoms with Crippen LogP contribution in [0.3, 0.4) is 0 Å². The Morgan fingerprint density at radius 1 is 1.46 bits per heavy atom. The van der Waals surface area contributed by atoms with Crippen LogP contribution in [0.5, 0.6) is 5.75 Å². The summed E-state index contributed by atoms with van der Waals surface area (Å²) in [6, 6.07) is 1.57. The Labute approximate surface area is 86.0 Å². The van der Waals surface area contributed by atoms with E-state index < -0.39 is 0 Å². The van der Waals surface area contributed by atoms with E-state index in [1.807, 2.05) is 0 Å². The van der Waals surface area contributed by atoms with Gasteiger partial charge in [-0.2, -0.15) is 0 Å². The minimum absolute atomic E-state index is 0.209. The molecule has 70 valence electrons. The monoisotopic (exact) mass is 218 g/mol. The van der Waals surface area contributed by atoms with Crippen molar-refractivity contribution in [2.24, 2.45) is 0 Å². The molecular weight excluding hydrogens is 211 g/mol. The van der Waals surface area contributed by atoms with E-state index in [2.05, 4.69) is 10.3 Å². The van der Waals surface area contributed by atoms with Crippen LogP contribution in [0.2, 0.25) is 10.2 Å². The average molecular weight is 219 g/mol. The van der Waals surface area contributed by atoms with Gasteiger partial charge in [0.2, 0.25) is 0 Å². The van der Waals surface area contributed by atoms with Crippen molar-refractivity contribution < 1.29 is 4.74 Å². The van der Waals surface area contributed by atoms with E-state index in [4.69, 9.17) is 27.9 Å². The zero-order valence-corrected chi connectivity index (χ0v) is 8.27. The van der Waals surface area contributed by atoms with Gasteiger partial charge in [0.05, 0.1) is 11.2 Å². The molecule has 0 radical (unpaired) electrons. The van der Waals surface area contributed by atoms with Crippen LogP contribution in [0.4, 0.5) is 0 Å². The van der Waals surface area contributed by atoms with Crippen molar-refractivity contribution in [1.29, 1.82) is 0 Å². The quantitative estimate of drug-likeness (QED) is 0.769. The van der Waals surface area contributed by atoms with E-state index >= 15 is 0 Å². The fraction of sp³-hybridized carbons (Fsp3) is 0.375. The molecule has 5 heteroatoms. The minimum Gasteiger partial charge on any atom is -0.485 e. The third kappa shape index (κ3) is 2.05. The van der Waals surface area contributed by atoms with Crippen molar-refractivity contribution in [2.75, 3.05) is 13.1 Å². The van der Waals surface area contributed by atoms with Crippen molar-refractivity contribution >= 4 is 23.2 Å². The Hall–Kier alpha value is -0.510. The van der Waals surface area contributed by atoms with Crippen molar-refractivity contribution in [2.45, 2.75) is 6.10 Å². The number of aromatic nitrogens is 1. The molecule has 2 heterocycles. The molecule has 0 aromatic carbocycles. The van der Waals surface area contributed by atoms with Gasteiger partial charge in [0.25, 0.3) is 0 Å². The first-order valence-electron chi connectivity index (χ1n) is 3.94. The van der Waals surface area contributed by atoms with Gasteiger partial charge in [0, 0.05) is 13.1 Å². The molecule has 1 aromatic rings. The highest BCUT2D eigenvalue weighted by Crippen LogP contribution is 2.26. The molecule has 2 rings (SSSR count). The maximum absolute atomic E-state index is 5.88. The SMILES string of the molecule is Clc1cc(Cl)c(OC2CNC2)cn1. The van der Waals surface area contributed by atoms with E-state index in [1.54, 1.807) is 12.3 Å². The number of hydrogen-bond donors (Lipinski definition) is 1. The summed E-state index contributed by atoms with van der Waals surface area (Å²) in [4.78, 5) is 3.89. The van der Waals surface area contributed by atoms with Crippen LogP contribution in [0, 0.1) is 0 Å². The second-order valence-corrected chi connectivity index (χ2v) is 3.63. The molecule has 0 spiro atoms. The summed E-state index contributed by atoms with van der Waals surface area (Å²) >= 11 is 11.5. The molecular formula is C8H8Cl2N2O. The molecule has 0 saturated carbocycles. The fourth-order valence-electron chi connectivity index (χ4n) is 1.01. The Balaban J connectivity index is 2.10. The average Bonchev–Trinajstić information content (AvgIpc) is 1.99. The molecule has 0 atom stereocenters. The Kier molecular flexibility index (Phi) is 2.58. The first kappa shape index (κ1) is 9.06. The highest BCUT2D eigenvalue weighted by atomic mass is 35.5. The number of nitrogens with one attached hydrogen (secondary N) is 1. The van der Waals surface area contributed by atoms with Gasteiger partial charge < -0.3 is 10.1 Å². The predicted molar refractivity (Wildman–Crippen MR) is 51.5 cm³/mol. The predicted octanol–water partition coefficient (Wildman–Crippen LogP) is 1.74. The smallest absolute Gasteiger partial charge is 0.156 e. The molecule has 0 amide bonds. The lowest BCUT2D eigenvalue weighted by atomic mass is 10.2. The molecule has 13 heavy (non-hydrogen) atoms. The number of ether oxygens (including phenoxy) is 1. The van der Waals surface area contributed by atoms with Gasteiger partial charge in [-0.3, -0.25) is 0 Å². The number of halogens is 2. The molecule has 3 nitrogen and oxygen atoms in total. The van der Waals surface area contributed by atoms with Crippen molar-refractivity contribution in [3.05, 3.63) is 22.4 Å². The van der Waals surface area contributed by atoms with Gasteiger partial charge in [-0.05, 0) is 6.07 Å². The lowest BCUT2D eigenvalue weighted by Crippen LogP contribution is -2.50. The summed E-state index contributed by atoms with van der Waals surface area (Å²) < 4.78 is 5.52. The Bertz CT molecular complexity index is 315. The van der Waals surface area contributed by atoms with Crippen LogP contribution in [-0.4, -0.2) is 24.2 Å². The summed E-state index contributed by atoms with van der Waals surface area (Å²) in [5.74, 6) is 0.595. The summed E-state index contributed by atoms with van der Waals surface area (Å²) in [6.45, 7) is 1.72. The van der Waals surface area contributed by atoms with Crippen LogP contribution in [0.1, 0.15) is 0 Å². The summed E-state index contributed by atoms with van der Waals surface area (Å²) in [7, 11) is 0. The first-order valence-corrected chi connectivity index (χ1v) is 4.70. The number of nitrogens with zero attached hydrogens (tertiary/aromatic N) is 1. The van der Waals surface area contributed by atoms with E-state index in [0.717, 1.165) is 13.1 Å². The van der Waals surface area contributed by atoms with Gasteiger partial charge in [-0.15, -0.1) is 0 Å². The van der Waals surface area contributed by atoms with Crippen LogP contribution < -0.4 is 10.1 Å². The maximum Gasteiger partial charge on any atom is 0.156 e. The van der Waals surface area contributed by atoms with Crippen LogP contribution >= 0.6 is 23.2 Å². The van der Waals surface area contributed by atoms with E-state index in [1.165, 1.54) is 0 Å². The number of pyridine rings is 1. The Morgan fingerprint density at radius 2 is 2.23 bits per heavy atom. The molecule has 0 aliphatic carbocycles. The molecule has 1 fully saturated rings. The highest BCUT2D eigenvalue weighted by molar-refractivity contribution is 6.34. The van der Waals surface area contributed by atoms with Crippen LogP contribution in [0.15, 0.2) is 12.3 Å². The minimum atomic E-state index is 0.209. The van der Waals surface area contributed by atoms with E-state index in [0.29, 0.717) is 15.9 Å². The molecule has 1 aromatic heterocycles. The van der Waals surface area contributed by atoms with E-state index in [-0.39, 0.29) is 6.10 Å². The first-order chi connectivity index (χ1) is 6.25. The molecule has 1 aliphatic rings. The third-order valence-corrected chi connectivity index (χ3v) is 2.33. The highest BCUT2D eigenvalue weighted by Gasteiger charge is 2.19. The van der Waals surface area contributed by atoms with Gasteiger partial charge in [0.1, 0.15) is 11.3 Å². The fourth-order valence-corrected chi connectivity index (χ4v) is 1.42. The normalized spacial score (nSPS) is 16.8. The largest absolute Gasteiger partial charge is 0.485 e. The lowest BCUT2D eigenvalue weighted by molar-refractivity contribution is 0.142. The van der Waals surface area contributed by atoms with Gasteiger partial charge >= 0.3 is 0 Å². The Morgan fingerprint density at radius 3 is 2.77 bits per heavy atom. The van der Waals surface area contributed by atoms with Crippen LogP contribution in [0.25, 0.3) is 0 Å². The van der Waals surface area contributed by atoms with Crippen LogP contribution in [-0.2, 0) is 0 Å². The molecule has 1 N–H and O–H groups in total.